The minimum Gasteiger partial charge on any atom is -0.462 e. The van der Waals surface area contributed by atoms with E-state index in [9.17, 15) is 14.4 Å². The van der Waals surface area contributed by atoms with E-state index in [0.29, 0.717) is 19.3 Å². The average molecular weight is 1060 g/mol. The van der Waals surface area contributed by atoms with Gasteiger partial charge in [-0.1, -0.05) is 311 Å². The summed E-state index contributed by atoms with van der Waals surface area (Å²) in [6.45, 7) is 6.48. The number of allylic oxidation sites excluding steroid dienone is 14. The van der Waals surface area contributed by atoms with E-state index < -0.39 is 6.10 Å². The van der Waals surface area contributed by atoms with Gasteiger partial charge >= 0.3 is 17.9 Å². The lowest BCUT2D eigenvalue weighted by molar-refractivity contribution is -0.167. The van der Waals surface area contributed by atoms with Crippen LogP contribution in [-0.2, 0) is 28.6 Å². The van der Waals surface area contributed by atoms with E-state index in [0.717, 1.165) is 116 Å². The van der Waals surface area contributed by atoms with E-state index in [4.69, 9.17) is 14.2 Å². The summed E-state index contributed by atoms with van der Waals surface area (Å²) in [6, 6.07) is 0. The highest BCUT2D eigenvalue weighted by Gasteiger charge is 2.19. The fraction of sp³-hybridized carbons (Fsp3) is 0.757. The molecule has 0 N–H and O–H groups in total. The molecule has 0 rings (SSSR count). The first-order chi connectivity index (χ1) is 37.5. The normalized spacial score (nSPS) is 12.6. The van der Waals surface area contributed by atoms with Gasteiger partial charge in [0.2, 0.25) is 0 Å². The van der Waals surface area contributed by atoms with Crippen LogP contribution in [0.3, 0.4) is 0 Å². The Bertz CT molecular complexity index is 1450. The fourth-order valence-electron chi connectivity index (χ4n) is 9.31. The molecule has 0 aliphatic carbocycles. The van der Waals surface area contributed by atoms with Gasteiger partial charge in [-0.25, -0.2) is 0 Å². The topological polar surface area (TPSA) is 78.9 Å². The molecule has 6 heteroatoms. The van der Waals surface area contributed by atoms with Crippen molar-refractivity contribution in [3.63, 3.8) is 0 Å². The molecule has 1 unspecified atom stereocenters. The molecule has 0 saturated carbocycles. The maximum absolute atomic E-state index is 12.8. The van der Waals surface area contributed by atoms with Crippen LogP contribution < -0.4 is 0 Å². The highest BCUT2D eigenvalue weighted by Crippen LogP contribution is 2.17. The third kappa shape index (κ3) is 61.4. The minimum atomic E-state index is -0.774. The van der Waals surface area contributed by atoms with Crippen molar-refractivity contribution in [1.29, 1.82) is 0 Å². The van der Waals surface area contributed by atoms with E-state index in [1.807, 2.05) is 0 Å². The van der Waals surface area contributed by atoms with Crippen LogP contribution in [0.1, 0.15) is 323 Å². The largest absolute Gasteiger partial charge is 0.462 e. The standard InChI is InChI=1S/C70H122O6/c1-4-7-10-13-15-17-19-21-23-25-27-29-31-32-33-34-35-36-37-38-39-41-42-44-46-48-50-52-54-57-60-63-69(72)75-66-67(65-74-68(71)62-59-56-12-9-6-3)76-70(73)64-61-58-55-53-51-49-47-45-43-40-30-28-26-24-22-20-18-16-14-11-8-5-2/h7,10,15,17,21,23,27,29,32-33,35-36,38-39,67H,4-6,8-9,11-14,16,18-20,22,24-26,28,30-31,34,37,40-66H2,1-3H3/b10-7-,17-15-,23-21-,29-27-,33-32-,36-35-,39-38-. The van der Waals surface area contributed by atoms with Gasteiger partial charge in [0.05, 0.1) is 0 Å². The second-order valence-electron chi connectivity index (χ2n) is 21.7. The number of unbranched alkanes of at least 4 members (excludes halogenated alkanes) is 34. The number of hydrogen-bond acceptors (Lipinski definition) is 6. The molecule has 76 heavy (non-hydrogen) atoms. The molecule has 0 heterocycles. The lowest BCUT2D eigenvalue weighted by atomic mass is 10.0. The third-order valence-corrected chi connectivity index (χ3v) is 14.2. The summed E-state index contributed by atoms with van der Waals surface area (Å²) in [5.74, 6) is -0.882. The minimum absolute atomic E-state index is 0.0755. The van der Waals surface area contributed by atoms with E-state index in [1.165, 1.54) is 167 Å². The van der Waals surface area contributed by atoms with Gasteiger partial charge in [-0.3, -0.25) is 14.4 Å². The summed E-state index contributed by atoms with van der Waals surface area (Å²) >= 11 is 0. The van der Waals surface area contributed by atoms with Crippen molar-refractivity contribution >= 4 is 17.9 Å². The molecule has 0 fully saturated rings. The first kappa shape index (κ1) is 72.6. The van der Waals surface area contributed by atoms with Crippen LogP contribution in [0.4, 0.5) is 0 Å². The number of rotatable bonds is 59. The van der Waals surface area contributed by atoms with Crippen molar-refractivity contribution in [1.82, 2.24) is 0 Å². The van der Waals surface area contributed by atoms with Gasteiger partial charge in [0.25, 0.3) is 0 Å². The molecule has 0 aliphatic heterocycles. The monoisotopic (exact) mass is 1060 g/mol. The molecule has 0 aromatic rings. The fourth-order valence-corrected chi connectivity index (χ4v) is 9.31. The number of esters is 3. The van der Waals surface area contributed by atoms with Crippen LogP contribution in [0.15, 0.2) is 85.1 Å². The predicted octanol–water partition coefficient (Wildman–Crippen LogP) is 22.3. The Morgan fingerprint density at radius 3 is 0.803 bits per heavy atom. The predicted molar refractivity (Wildman–Crippen MR) is 330 cm³/mol. The lowest BCUT2D eigenvalue weighted by Gasteiger charge is -2.18. The van der Waals surface area contributed by atoms with Crippen LogP contribution in [0.2, 0.25) is 0 Å². The summed E-state index contributed by atoms with van der Waals surface area (Å²) in [5.41, 5.74) is 0. The highest BCUT2D eigenvalue weighted by molar-refractivity contribution is 5.71. The van der Waals surface area contributed by atoms with Crippen LogP contribution in [0.5, 0.6) is 0 Å². The molecule has 0 bridgehead atoms. The summed E-state index contributed by atoms with van der Waals surface area (Å²) < 4.78 is 16.8. The van der Waals surface area contributed by atoms with E-state index >= 15 is 0 Å². The van der Waals surface area contributed by atoms with E-state index in [-0.39, 0.29) is 31.1 Å². The molecule has 0 saturated heterocycles. The first-order valence-electron chi connectivity index (χ1n) is 32.6. The molecule has 0 radical (unpaired) electrons. The lowest BCUT2D eigenvalue weighted by Crippen LogP contribution is -2.30. The smallest absolute Gasteiger partial charge is 0.306 e. The summed E-state index contributed by atoms with van der Waals surface area (Å²) in [5, 5.41) is 0. The Morgan fingerprint density at radius 1 is 0.276 bits per heavy atom. The Hall–Kier alpha value is -3.41. The van der Waals surface area contributed by atoms with Gasteiger partial charge in [0, 0.05) is 19.3 Å². The number of ether oxygens (including phenoxy) is 3. The van der Waals surface area contributed by atoms with Crippen LogP contribution in [0, 0.1) is 0 Å². The van der Waals surface area contributed by atoms with Gasteiger partial charge in [-0.05, 0) is 77.0 Å². The van der Waals surface area contributed by atoms with Crippen molar-refractivity contribution in [2.75, 3.05) is 13.2 Å². The quantitative estimate of drug-likeness (QED) is 0.0261. The molecular weight excluding hydrogens is 937 g/mol. The second kappa shape index (κ2) is 64.1. The van der Waals surface area contributed by atoms with Crippen LogP contribution in [0.25, 0.3) is 0 Å². The molecule has 0 aromatic carbocycles. The average Bonchev–Trinajstić information content (AvgIpc) is 3.42. The second-order valence-corrected chi connectivity index (χ2v) is 21.7. The summed E-state index contributed by atoms with van der Waals surface area (Å²) in [4.78, 5) is 37.9. The molecular formula is C70H122O6. The van der Waals surface area contributed by atoms with Gasteiger partial charge in [-0.15, -0.1) is 0 Å². The van der Waals surface area contributed by atoms with Crippen LogP contribution in [-0.4, -0.2) is 37.2 Å². The SMILES string of the molecule is CC/C=C\C/C=C\C/C=C\C/C=C\C/C=C\C/C=C\C/C=C\CCCCCCCCCCCC(=O)OCC(COC(=O)CCCCCCC)OC(=O)CCCCCCCCCCCCCCCCCCCCCCCC. The van der Waals surface area contributed by atoms with E-state index in [2.05, 4.69) is 106 Å². The van der Waals surface area contributed by atoms with Gasteiger partial charge in [0.15, 0.2) is 6.10 Å². The zero-order valence-corrected chi connectivity index (χ0v) is 50.3. The van der Waals surface area contributed by atoms with Crippen molar-refractivity contribution in [3.05, 3.63) is 85.1 Å². The maximum Gasteiger partial charge on any atom is 0.306 e. The highest BCUT2D eigenvalue weighted by atomic mass is 16.6. The van der Waals surface area contributed by atoms with Crippen LogP contribution >= 0.6 is 0 Å². The zero-order chi connectivity index (χ0) is 55.0. The number of carbonyl (C=O) groups is 3. The Kier molecular flexibility index (Phi) is 61.2. The Balaban J connectivity index is 4.03. The Morgan fingerprint density at radius 2 is 0.513 bits per heavy atom. The molecule has 438 valence electrons. The molecule has 0 aliphatic rings. The van der Waals surface area contributed by atoms with Crippen molar-refractivity contribution < 1.29 is 28.6 Å². The molecule has 0 amide bonds. The number of carbonyl (C=O) groups excluding carboxylic acids is 3. The molecule has 0 spiro atoms. The maximum atomic E-state index is 12.8. The van der Waals surface area contributed by atoms with Gasteiger partial charge in [0.1, 0.15) is 13.2 Å². The molecule has 0 aromatic heterocycles. The van der Waals surface area contributed by atoms with Gasteiger partial charge in [-0.2, -0.15) is 0 Å². The first-order valence-corrected chi connectivity index (χ1v) is 32.6. The van der Waals surface area contributed by atoms with E-state index in [1.54, 1.807) is 0 Å². The van der Waals surface area contributed by atoms with Crippen molar-refractivity contribution in [2.45, 2.75) is 329 Å². The summed E-state index contributed by atoms with van der Waals surface area (Å²) in [6.07, 6.45) is 85.0. The number of hydrogen-bond donors (Lipinski definition) is 0. The molecule has 1 atom stereocenters. The summed E-state index contributed by atoms with van der Waals surface area (Å²) in [7, 11) is 0. The third-order valence-electron chi connectivity index (χ3n) is 14.2. The van der Waals surface area contributed by atoms with Gasteiger partial charge < -0.3 is 14.2 Å². The van der Waals surface area contributed by atoms with Crippen molar-refractivity contribution in [2.24, 2.45) is 0 Å². The Labute approximate surface area is 471 Å². The zero-order valence-electron chi connectivity index (χ0n) is 50.3. The van der Waals surface area contributed by atoms with Crippen molar-refractivity contribution in [3.8, 4) is 0 Å². The molecule has 6 nitrogen and oxygen atoms in total.